The normalized spacial score (nSPS) is 20.8. The first kappa shape index (κ1) is 59.4. The van der Waals surface area contributed by atoms with Gasteiger partial charge in [-0.3, -0.25) is 4.79 Å². The summed E-state index contributed by atoms with van der Waals surface area (Å²) in [4.78, 5) is 13.0. The van der Waals surface area contributed by atoms with Gasteiger partial charge in [0.2, 0.25) is 5.91 Å². The van der Waals surface area contributed by atoms with Crippen LogP contribution in [0, 0.1) is 0 Å². The van der Waals surface area contributed by atoms with Crippen molar-refractivity contribution in [1.29, 1.82) is 0 Å². The third kappa shape index (κ3) is 33.8. The summed E-state index contributed by atoms with van der Waals surface area (Å²) in [6.45, 7) is 3.70. The van der Waals surface area contributed by atoms with Gasteiger partial charge in [-0.15, -0.1) is 0 Å². The fourth-order valence-corrected chi connectivity index (χ4v) is 7.67. The van der Waals surface area contributed by atoms with Gasteiger partial charge in [-0.05, 0) is 70.6 Å². The molecule has 1 rings (SSSR count). The lowest BCUT2D eigenvalue weighted by Crippen LogP contribution is -2.60. The summed E-state index contributed by atoms with van der Waals surface area (Å²) >= 11 is 0. The molecule has 1 aliphatic heterocycles. The summed E-state index contributed by atoms with van der Waals surface area (Å²) in [5, 5.41) is 54.5. The number of hydrogen-bond donors (Lipinski definition) is 6. The van der Waals surface area contributed by atoms with Gasteiger partial charge in [0.25, 0.3) is 0 Å². The highest BCUT2D eigenvalue weighted by Crippen LogP contribution is 2.23. The highest BCUT2D eigenvalue weighted by atomic mass is 16.7. The van der Waals surface area contributed by atoms with Crippen LogP contribution in [0.3, 0.4) is 0 Å². The Morgan fingerprint density at radius 1 is 0.547 bits per heavy atom. The molecule has 1 heterocycles. The van der Waals surface area contributed by atoms with Crippen molar-refractivity contribution in [3.63, 3.8) is 0 Å². The van der Waals surface area contributed by atoms with Gasteiger partial charge in [-0.1, -0.05) is 208 Å². The number of carbonyl (C=O) groups is 1. The third-order valence-electron chi connectivity index (χ3n) is 11.8. The van der Waals surface area contributed by atoms with E-state index >= 15 is 0 Å². The molecule has 0 aromatic heterocycles. The number of hydrogen-bond acceptors (Lipinski definition) is 8. The Balaban J connectivity index is 2.28. The van der Waals surface area contributed by atoms with Crippen LogP contribution in [0.25, 0.3) is 0 Å². The van der Waals surface area contributed by atoms with Gasteiger partial charge in [-0.25, -0.2) is 0 Å². The standard InChI is InChI=1S/C55H95NO8/c1-3-5-7-9-11-13-15-17-19-20-21-22-23-24-25-26-27-28-29-30-31-33-35-37-39-41-43-45-51(59)56-48(47-63-55-54(62)53(61)52(60)50(46-57)64-55)49(58)44-42-40-38-36-34-32-18-16-14-12-10-8-6-4-2/h5,7,11,13,17,19,21-22,24-25,27-28,30-31,48-50,52-55,57-58,60-62H,3-4,6,8-10,12,14-16,18,20,23,26,29,32-47H2,1-2H3,(H,56,59)/b7-5-,13-11-,19-17-,22-21-,25-24-,28-27-,31-30-. The molecule has 1 amide bonds. The minimum atomic E-state index is -1.56. The van der Waals surface area contributed by atoms with Crippen molar-refractivity contribution in [2.75, 3.05) is 13.2 Å². The van der Waals surface area contributed by atoms with E-state index in [-0.39, 0.29) is 12.5 Å². The smallest absolute Gasteiger partial charge is 0.220 e. The fraction of sp³-hybridized carbons (Fsp3) is 0.727. The monoisotopic (exact) mass is 898 g/mol. The number of carbonyl (C=O) groups excluding carboxylic acids is 1. The Morgan fingerprint density at radius 3 is 1.44 bits per heavy atom. The van der Waals surface area contributed by atoms with Crippen molar-refractivity contribution >= 4 is 5.91 Å². The molecule has 0 aliphatic carbocycles. The van der Waals surface area contributed by atoms with Gasteiger partial charge in [0, 0.05) is 6.42 Å². The highest BCUT2D eigenvalue weighted by Gasteiger charge is 2.44. The van der Waals surface area contributed by atoms with Crippen LogP contribution in [-0.4, -0.2) is 87.5 Å². The summed E-state index contributed by atoms with van der Waals surface area (Å²) in [5.74, 6) is -0.167. The lowest BCUT2D eigenvalue weighted by Gasteiger charge is -2.40. The van der Waals surface area contributed by atoms with Crippen LogP contribution in [-0.2, 0) is 14.3 Å². The Labute approximate surface area is 391 Å². The van der Waals surface area contributed by atoms with Crippen LogP contribution in [0.2, 0.25) is 0 Å². The molecule has 9 heteroatoms. The van der Waals surface area contributed by atoms with E-state index in [2.05, 4.69) is 104 Å². The number of ether oxygens (including phenoxy) is 2. The van der Waals surface area contributed by atoms with Gasteiger partial charge in [0.1, 0.15) is 24.4 Å². The molecule has 7 unspecified atom stereocenters. The topological polar surface area (TPSA) is 149 Å². The summed E-state index contributed by atoms with van der Waals surface area (Å²) in [5.41, 5.74) is 0. The van der Waals surface area contributed by atoms with E-state index in [4.69, 9.17) is 9.47 Å². The van der Waals surface area contributed by atoms with Crippen molar-refractivity contribution < 1.29 is 39.8 Å². The van der Waals surface area contributed by atoms with E-state index in [0.29, 0.717) is 12.8 Å². The molecule has 368 valence electrons. The minimum Gasteiger partial charge on any atom is -0.394 e. The highest BCUT2D eigenvalue weighted by molar-refractivity contribution is 5.76. The SMILES string of the molecule is CC/C=C\C/C=C\C/C=C\C/C=C\C/C=C\C/C=C\C/C=C\CCCCCCCC(=O)NC(COC1OC(CO)C(O)C(O)C1O)C(O)CCCCCCCCCCCCCCCC. The van der Waals surface area contributed by atoms with Gasteiger partial charge in [-0.2, -0.15) is 0 Å². The van der Waals surface area contributed by atoms with Crippen molar-refractivity contribution in [2.45, 2.75) is 243 Å². The zero-order chi connectivity index (χ0) is 46.6. The zero-order valence-electron chi connectivity index (χ0n) is 40.5. The van der Waals surface area contributed by atoms with Crippen molar-refractivity contribution in [3.8, 4) is 0 Å². The van der Waals surface area contributed by atoms with Crippen LogP contribution in [0.15, 0.2) is 85.1 Å². The summed E-state index contributed by atoms with van der Waals surface area (Å²) in [6.07, 6.45) is 54.4. The molecule has 7 atom stereocenters. The zero-order valence-corrected chi connectivity index (χ0v) is 40.5. The second kappa shape index (κ2) is 44.2. The quantitative estimate of drug-likeness (QED) is 0.0262. The summed E-state index contributed by atoms with van der Waals surface area (Å²) < 4.78 is 11.3. The first-order chi connectivity index (χ1) is 31.3. The summed E-state index contributed by atoms with van der Waals surface area (Å²) in [6, 6.07) is -0.735. The lowest BCUT2D eigenvalue weighted by molar-refractivity contribution is -0.302. The first-order valence-electron chi connectivity index (χ1n) is 25.8. The van der Waals surface area contributed by atoms with Crippen molar-refractivity contribution in [3.05, 3.63) is 85.1 Å². The largest absolute Gasteiger partial charge is 0.394 e. The number of aliphatic hydroxyl groups is 5. The van der Waals surface area contributed by atoms with Crippen LogP contribution < -0.4 is 5.32 Å². The summed E-state index contributed by atoms with van der Waals surface area (Å²) in [7, 11) is 0. The Morgan fingerprint density at radius 2 is 0.969 bits per heavy atom. The van der Waals surface area contributed by atoms with E-state index in [0.717, 1.165) is 103 Å². The molecule has 6 N–H and O–H groups in total. The van der Waals surface area contributed by atoms with Gasteiger partial charge >= 0.3 is 0 Å². The van der Waals surface area contributed by atoms with Crippen molar-refractivity contribution in [1.82, 2.24) is 5.32 Å². The van der Waals surface area contributed by atoms with Gasteiger partial charge in [0.05, 0.1) is 25.4 Å². The predicted molar refractivity (Wildman–Crippen MR) is 267 cm³/mol. The van der Waals surface area contributed by atoms with Crippen LogP contribution >= 0.6 is 0 Å². The first-order valence-corrected chi connectivity index (χ1v) is 25.8. The van der Waals surface area contributed by atoms with Crippen LogP contribution in [0.5, 0.6) is 0 Å². The predicted octanol–water partition coefficient (Wildman–Crippen LogP) is 11.9. The molecular weight excluding hydrogens is 803 g/mol. The molecule has 64 heavy (non-hydrogen) atoms. The fourth-order valence-electron chi connectivity index (χ4n) is 7.67. The molecule has 0 radical (unpaired) electrons. The maximum Gasteiger partial charge on any atom is 0.220 e. The third-order valence-corrected chi connectivity index (χ3v) is 11.8. The Bertz CT molecular complexity index is 1270. The van der Waals surface area contributed by atoms with Gasteiger partial charge in [0.15, 0.2) is 6.29 Å². The Hall–Kier alpha value is -2.63. The average molecular weight is 898 g/mol. The molecule has 1 aliphatic rings. The molecule has 1 saturated heterocycles. The number of nitrogens with one attached hydrogen (secondary N) is 1. The molecule has 0 spiro atoms. The van der Waals surface area contributed by atoms with Crippen LogP contribution in [0.1, 0.15) is 200 Å². The van der Waals surface area contributed by atoms with E-state index in [1.807, 2.05) is 0 Å². The molecule has 9 nitrogen and oxygen atoms in total. The average Bonchev–Trinajstić information content (AvgIpc) is 3.29. The Kier molecular flexibility index (Phi) is 41.0. The molecule has 1 fully saturated rings. The van der Waals surface area contributed by atoms with Gasteiger partial charge < -0.3 is 40.3 Å². The second-order valence-electron chi connectivity index (χ2n) is 17.6. The maximum absolute atomic E-state index is 13.0. The second-order valence-corrected chi connectivity index (χ2v) is 17.6. The number of unbranched alkanes of at least 4 members (excludes halogenated alkanes) is 18. The minimum absolute atomic E-state index is 0.151. The molecule has 0 saturated carbocycles. The number of rotatable bonds is 42. The molecule has 0 aromatic rings. The van der Waals surface area contributed by atoms with Crippen LogP contribution in [0.4, 0.5) is 0 Å². The van der Waals surface area contributed by atoms with E-state index in [1.165, 1.54) is 70.6 Å². The molecular formula is C55H95NO8. The van der Waals surface area contributed by atoms with E-state index < -0.39 is 49.5 Å². The lowest BCUT2D eigenvalue weighted by atomic mass is 9.99. The molecule has 0 aromatic carbocycles. The van der Waals surface area contributed by atoms with E-state index in [1.54, 1.807) is 0 Å². The van der Waals surface area contributed by atoms with Crippen molar-refractivity contribution in [2.24, 2.45) is 0 Å². The number of allylic oxidation sites excluding steroid dienone is 14. The number of aliphatic hydroxyl groups excluding tert-OH is 5. The molecule has 0 bridgehead atoms. The maximum atomic E-state index is 13.0. The number of amides is 1. The van der Waals surface area contributed by atoms with E-state index in [9.17, 15) is 30.3 Å².